The first kappa shape index (κ1) is 13.5. The zero-order valence-corrected chi connectivity index (χ0v) is 10.5. The predicted octanol–water partition coefficient (Wildman–Crippen LogP) is 2.19. The molecule has 0 heterocycles. The van der Waals surface area contributed by atoms with Crippen LogP contribution in [0.2, 0.25) is 0 Å². The molecule has 0 aromatic carbocycles. The van der Waals surface area contributed by atoms with E-state index in [1.165, 1.54) is 32.1 Å². The number of amides is 1. The van der Waals surface area contributed by atoms with Crippen molar-refractivity contribution in [3.05, 3.63) is 0 Å². The van der Waals surface area contributed by atoms with E-state index in [0.717, 1.165) is 18.9 Å². The van der Waals surface area contributed by atoms with Crippen molar-refractivity contribution in [3.63, 3.8) is 0 Å². The number of aliphatic hydroxyl groups is 1. The highest BCUT2D eigenvalue weighted by atomic mass is 16.3. The lowest BCUT2D eigenvalue weighted by atomic mass is 9.87. The molecule has 0 unspecified atom stereocenters. The Kier molecular flexibility index (Phi) is 6.46. The minimum absolute atomic E-state index is 0.113. The third-order valence-electron chi connectivity index (χ3n) is 3.57. The molecule has 0 bridgehead atoms. The van der Waals surface area contributed by atoms with Crippen molar-refractivity contribution in [1.82, 2.24) is 4.90 Å². The lowest BCUT2D eigenvalue weighted by molar-refractivity contribution is -0.130. The molecule has 3 heteroatoms. The Balaban J connectivity index is 2.12. The van der Waals surface area contributed by atoms with Crippen LogP contribution in [0.25, 0.3) is 0 Å². The number of aliphatic hydroxyl groups excluding tert-OH is 1. The summed E-state index contributed by atoms with van der Waals surface area (Å²) in [6.45, 7) is 0.997. The molecule has 16 heavy (non-hydrogen) atoms. The second kappa shape index (κ2) is 7.66. The molecule has 0 atom stereocenters. The molecule has 3 nitrogen and oxygen atoms in total. The molecule has 1 N–H and O–H groups in total. The van der Waals surface area contributed by atoms with E-state index in [-0.39, 0.29) is 12.5 Å². The van der Waals surface area contributed by atoms with E-state index in [0.29, 0.717) is 12.8 Å². The van der Waals surface area contributed by atoms with E-state index in [1.54, 1.807) is 0 Å². The maximum atomic E-state index is 11.6. The first-order valence-corrected chi connectivity index (χ1v) is 6.59. The summed E-state index contributed by atoms with van der Waals surface area (Å²) in [7, 11) is 1.88. The van der Waals surface area contributed by atoms with Crippen molar-refractivity contribution < 1.29 is 9.90 Å². The number of hydrogen-bond donors (Lipinski definition) is 1. The molecule has 94 valence electrons. The van der Waals surface area contributed by atoms with Gasteiger partial charge in [-0.15, -0.1) is 0 Å². The highest BCUT2D eigenvalue weighted by molar-refractivity contribution is 5.75. The van der Waals surface area contributed by atoms with Crippen molar-refractivity contribution in [1.29, 1.82) is 0 Å². The lowest BCUT2D eigenvalue weighted by Crippen LogP contribution is -2.29. The minimum Gasteiger partial charge on any atom is -0.396 e. The van der Waals surface area contributed by atoms with Crippen LogP contribution in [0.5, 0.6) is 0 Å². The van der Waals surface area contributed by atoms with Crippen molar-refractivity contribution in [2.75, 3.05) is 20.2 Å². The normalized spacial score (nSPS) is 17.4. The van der Waals surface area contributed by atoms with Gasteiger partial charge in [-0.1, -0.05) is 32.1 Å². The number of nitrogens with zero attached hydrogens (tertiary/aromatic N) is 1. The third kappa shape index (κ3) is 4.97. The van der Waals surface area contributed by atoms with E-state index in [2.05, 4.69) is 0 Å². The zero-order chi connectivity index (χ0) is 11.8. The maximum absolute atomic E-state index is 11.6. The monoisotopic (exact) mass is 227 g/mol. The van der Waals surface area contributed by atoms with Gasteiger partial charge in [0.1, 0.15) is 0 Å². The SMILES string of the molecule is CN(CCC1CCCCC1)C(=O)CCCO. The van der Waals surface area contributed by atoms with Crippen molar-refractivity contribution in [2.24, 2.45) is 5.92 Å². The predicted molar refractivity (Wildman–Crippen MR) is 65.1 cm³/mol. The van der Waals surface area contributed by atoms with Crippen LogP contribution in [0.4, 0.5) is 0 Å². The molecule has 1 aliphatic carbocycles. The van der Waals surface area contributed by atoms with Crippen molar-refractivity contribution >= 4 is 5.91 Å². The molecule has 0 aromatic rings. The van der Waals surface area contributed by atoms with E-state index < -0.39 is 0 Å². The third-order valence-corrected chi connectivity index (χ3v) is 3.57. The van der Waals surface area contributed by atoms with Crippen LogP contribution in [-0.2, 0) is 4.79 Å². The van der Waals surface area contributed by atoms with Crippen LogP contribution >= 0.6 is 0 Å². The highest BCUT2D eigenvalue weighted by Gasteiger charge is 2.15. The van der Waals surface area contributed by atoms with E-state index >= 15 is 0 Å². The summed E-state index contributed by atoms with van der Waals surface area (Å²) in [5, 5.41) is 8.66. The van der Waals surface area contributed by atoms with Gasteiger partial charge in [-0.05, 0) is 18.8 Å². The second-order valence-electron chi connectivity index (χ2n) is 4.94. The van der Waals surface area contributed by atoms with E-state index in [1.807, 2.05) is 11.9 Å². The van der Waals surface area contributed by atoms with Gasteiger partial charge < -0.3 is 10.0 Å². The van der Waals surface area contributed by atoms with Crippen LogP contribution in [0.3, 0.4) is 0 Å². The molecule has 0 radical (unpaired) electrons. The summed E-state index contributed by atoms with van der Waals surface area (Å²) < 4.78 is 0. The van der Waals surface area contributed by atoms with Crippen LogP contribution in [0.1, 0.15) is 51.4 Å². The second-order valence-corrected chi connectivity index (χ2v) is 4.94. The maximum Gasteiger partial charge on any atom is 0.222 e. The van der Waals surface area contributed by atoms with Crippen LogP contribution < -0.4 is 0 Å². The van der Waals surface area contributed by atoms with Gasteiger partial charge in [0.05, 0.1) is 0 Å². The van der Waals surface area contributed by atoms with Gasteiger partial charge in [0.15, 0.2) is 0 Å². The van der Waals surface area contributed by atoms with Crippen LogP contribution in [0, 0.1) is 5.92 Å². The largest absolute Gasteiger partial charge is 0.396 e. The standard InChI is InChI=1S/C13H25NO2/c1-14(13(16)8-5-11-15)10-9-12-6-3-2-4-7-12/h12,15H,2-11H2,1H3. The molecular weight excluding hydrogens is 202 g/mol. The van der Waals surface area contributed by atoms with Gasteiger partial charge in [0.25, 0.3) is 0 Å². The van der Waals surface area contributed by atoms with Crippen LogP contribution in [0.15, 0.2) is 0 Å². The fourth-order valence-corrected chi connectivity index (χ4v) is 2.40. The molecule has 0 aromatic heterocycles. The average molecular weight is 227 g/mol. The molecule has 0 aliphatic heterocycles. The number of rotatable bonds is 6. The molecule has 1 amide bonds. The lowest BCUT2D eigenvalue weighted by Gasteiger charge is -2.24. The zero-order valence-electron chi connectivity index (χ0n) is 10.5. The van der Waals surface area contributed by atoms with Crippen LogP contribution in [-0.4, -0.2) is 36.1 Å². The molecule has 1 aliphatic rings. The smallest absolute Gasteiger partial charge is 0.222 e. The number of carbonyl (C=O) groups is 1. The van der Waals surface area contributed by atoms with Gasteiger partial charge >= 0.3 is 0 Å². The minimum atomic E-state index is 0.113. The van der Waals surface area contributed by atoms with Gasteiger partial charge in [-0.2, -0.15) is 0 Å². The van der Waals surface area contributed by atoms with Crippen molar-refractivity contribution in [2.45, 2.75) is 51.4 Å². The Morgan fingerprint density at radius 3 is 2.62 bits per heavy atom. The fourth-order valence-electron chi connectivity index (χ4n) is 2.40. The quantitative estimate of drug-likeness (QED) is 0.755. The molecule has 1 saturated carbocycles. The van der Waals surface area contributed by atoms with Gasteiger partial charge in [-0.25, -0.2) is 0 Å². The number of hydrogen-bond acceptors (Lipinski definition) is 2. The molecule has 1 rings (SSSR count). The van der Waals surface area contributed by atoms with Crippen molar-refractivity contribution in [3.8, 4) is 0 Å². The summed E-state index contributed by atoms with van der Waals surface area (Å²) in [6.07, 6.45) is 9.05. The summed E-state index contributed by atoms with van der Waals surface area (Å²) in [5.41, 5.74) is 0. The Morgan fingerprint density at radius 1 is 1.31 bits per heavy atom. The van der Waals surface area contributed by atoms with Gasteiger partial charge in [0.2, 0.25) is 5.91 Å². The molecule has 1 fully saturated rings. The summed E-state index contributed by atoms with van der Waals surface area (Å²) >= 11 is 0. The summed E-state index contributed by atoms with van der Waals surface area (Å²) in [6, 6.07) is 0. The molecule has 0 saturated heterocycles. The number of carbonyl (C=O) groups excluding carboxylic acids is 1. The Bertz CT molecular complexity index is 200. The first-order chi connectivity index (χ1) is 7.74. The first-order valence-electron chi connectivity index (χ1n) is 6.59. The van der Waals surface area contributed by atoms with Gasteiger partial charge in [0, 0.05) is 26.6 Å². The van der Waals surface area contributed by atoms with E-state index in [4.69, 9.17) is 5.11 Å². The Labute approximate surface area is 98.8 Å². The highest BCUT2D eigenvalue weighted by Crippen LogP contribution is 2.26. The summed E-state index contributed by atoms with van der Waals surface area (Å²) in [5.74, 6) is 1.01. The molecular formula is C13H25NO2. The topological polar surface area (TPSA) is 40.5 Å². The fraction of sp³-hybridized carbons (Fsp3) is 0.923. The Morgan fingerprint density at radius 2 is 2.00 bits per heavy atom. The average Bonchev–Trinajstić information content (AvgIpc) is 2.34. The Hall–Kier alpha value is -0.570. The van der Waals surface area contributed by atoms with E-state index in [9.17, 15) is 4.79 Å². The van der Waals surface area contributed by atoms with Gasteiger partial charge in [-0.3, -0.25) is 4.79 Å². The molecule has 0 spiro atoms. The summed E-state index contributed by atoms with van der Waals surface area (Å²) in [4.78, 5) is 13.4.